The van der Waals surface area contributed by atoms with Crippen LogP contribution in [0.2, 0.25) is 0 Å². The molecule has 0 aromatic rings. The van der Waals surface area contributed by atoms with Crippen LogP contribution in [0.25, 0.3) is 0 Å². The molecule has 8 heteroatoms. The molecule has 264 valence electrons. The molecule has 2 unspecified atom stereocenters. The van der Waals surface area contributed by atoms with E-state index in [1.54, 1.807) is 0 Å². The first kappa shape index (κ1) is 40.1. The highest BCUT2D eigenvalue weighted by Crippen LogP contribution is 2.29. The fourth-order valence-corrected chi connectivity index (χ4v) is 7.03. The number of imide groups is 2. The zero-order valence-corrected chi connectivity index (χ0v) is 29.4. The van der Waals surface area contributed by atoms with E-state index in [-0.39, 0.29) is 42.4 Å². The second-order valence-electron chi connectivity index (χ2n) is 14.1. The van der Waals surface area contributed by atoms with Gasteiger partial charge in [-0.2, -0.15) is 0 Å². The van der Waals surface area contributed by atoms with Gasteiger partial charge in [0.25, 0.3) is 0 Å². The lowest BCUT2D eigenvalue weighted by molar-refractivity contribution is -0.140. The Kier molecular flexibility index (Phi) is 21.8. The van der Waals surface area contributed by atoms with Crippen LogP contribution in [0.5, 0.6) is 0 Å². The van der Waals surface area contributed by atoms with E-state index in [4.69, 9.17) is 11.5 Å². The molecule has 2 saturated heterocycles. The number of nitrogens with two attached hydrogens (primary N) is 2. The largest absolute Gasteiger partial charge is 0.330 e. The van der Waals surface area contributed by atoms with E-state index < -0.39 is 5.92 Å². The Hall–Kier alpha value is -2.06. The number of unbranched alkanes of at least 4 members (excludes halogenated alkanes) is 20. The summed E-state index contributed by atoms with van der Waals surface area (Å²) in [6.07, 6.45) is 29.0. The summed E-state index contributed by atoms with van der Waals surface area (Å²) in [7, 11) is 0. The Morgan fingerprint density at radius 3 is 1.30 bits per heavy atom. The summed E-state index contributed by atoms with van der Waals surface area (Å²) < 4.78 is 0. The second kappa shape index (κ2) is 25.0. The third kappa shape index (κ3) is 16.2. The third-order valence-corrected chi connectivity index (χ3v) is 9.84. The van der Waals surface area contributed by atoms with Crippen molar-refractivity contribution < 1.29 is 19.2 Å². The number of rotatable bonds is 29. The molecule has 0 spiro atoms. The summed E-state index contributed by atoms with van der Waals surface area (Å²) in [5, 5.41) is 0. The molecule has 0 bridgehead atoms. The first-order valence-electron chi connectivity index (χ1n) is 19.1. The first-order valence-corrected chi connectivity index (χ1v) is 19.1. The molecule has 0 radical (unpaired) electrons. The van der Waals surface area contributed by atoms with E-state index in [1.165, 1.54) is 99.7 Å². The lowest BCUT2D eigenvalue weighted by atomic mass is 9.95. The van der Waals surface area contributed by atoms with Gasteiger partial charge in [-0.1, -0.05) is 127 Å². The number of carbonyl (C=O) groups is 4. The lowest BCUT2D eigenvalue weighted by Crippen LogP contribution is -2.32. The van der Waals surface area contributed by atoms with Gasteiger partial charge in [0.1, 0.15) is 0 Å². The van der Waals surface area contributed by atoms with Crippen LogP contribution >= 0.6 is 0 Å². The molecular formula is C38H68N4O4. The smallest absolute Gasteiger partial charge is 0.236 e. The van der Waals surface area contributed by atoms with Crippen molar-refractivity contribution in [1.29, 1.82) is 0 Å². The van der Waals surface area contributed by atoms with Crippen molar-refractivity contribution in [1.82, 2.24) is 9.80 Å². The lowest BCUT2D eigenvalue weighted by Gasteiger charge is -2.16. The topological polar surface area (TPSA) is 127 Å². The van der Waals surface area contributed by atoms with Crippen molar-refractivity contribution in [3.8, 4) is 0 Å². The Balaban J connectivity index is 1.58. The van der Waals surface area contributed by atoms with Crippen LogP contribution in [0.4, 0.5) is 0 Å². The third-order valence-electron chi connectivity index (χ3n) is 9.84. The van der Waals surface area contributed by atoms with Gasteiger partial charge in [0.2, 0.25) is 23.6 Å². The summed E-state index contributed by atoms with van der Waals surface area (Å²) in [5.74, 6) is -1.16. The molecule has 2 aliphatic rings. The highest BCUT2D eigenvalue weighted by Gasteiger charge is 2.39. The molecular weight excluding hydrogens is 576 g/mol. The van der Waals surface area contributed by atoms with E-state index in [0.717, 1.165) is 70.0 Å². The maximum Gasteiger partial charge on any atom is 0.236 e. The summed E-state index contributed by atoms with van der Waals surface area (Å²) in [5.41, 5.74) is 12.0. The first-order chi connectivity index (χ1) is 22.4. The van der Waals surface area contributed by atoms with Crippen LogP contribution < -0.4 is 11.5 Å². The number of hydrogen-bond acceptors (Lipinski definition) is 6. The molecule has 0 aromatic carbocycles. The van der Waals surface area contributed by atoms with E-state index >= 15 is 0 Å². The Bertz CT molecular complexity index is 920. The average molecular weight is 645 g/mol. The van der Waals surface area contributed by atoms with Crippen molar-refractivity contribution in [3.63, 3.8) is 0 Å². The van der Waals surface area contributed by atoms with Crippen LogP contribution in [0.3, 0.4) is 0 Å². The van der Waals surface area contributed by atoms with Gasteiger partial charge in [0, 0.05) is 25.9 Å². The highest BCUT2D eigenvalue weighted by molar-refractivity contribution is 6.05. The number of hydrogen-bond donors (Lipinski definition) is 2. The number of nitrogens with zero attached hydrogens (tertiary/aromatic N) is 2. The zero-order chi connectivity index (χ0) is 33.4. The standard InChI is InChI=1S/C38H68N4O4/c1-32(28-33-30-35(43)41(37(33)45)26-22-18-14-10-6-2-4-8-12-16-20-24-39)29-34-31-36(44)42(38(34)46)27-23-19-15-11-7-3-5-9-13-17-21-25-40/h28,33-34H,2-27,29-31,39-40H2,1H3. The van der Waals surface area contributed by atoms with E-state index in [1.807, 2.05) is 13.0 Å². The predicted molar refractivity (Wildman–Crippen MR) is 188 cm³/mol. The number of likely N-dealkylation sites (tertiary alicyclic amines) is 2. The maximum atomic E-state index is 13.0. The van der Waals surface area contributed by atoms with E-state index in [0.29, 0.717) is 19.5 Å². The molecule has 0 saturated carbocycles. The van der Waals surface area contributed by atoms with Crippen molar-refractivity contribution in [2.24, 2.45) is 23.3 Å². The molecule has 46 heavy (non-hydrogen) atoms. The summed E-state index contributed by atoms with van der Waals surface area (Å²) >= 11 is 0. The SMILES string of the molecule is CC(=CC1CC(=O)N(CCCCCCCCCCCCCN)C1=O)CC1CC(=O)N(CCCCCCCCCCCCCN)C1=O. The Morgan fingerprint density at radius 2 is 0.891 bits per heavy atom. The number of amides is 4. The zero-order valence-electron chi connectivity index (χ0n) is 29.4. The highest BCUT2D eigenvalue weighted by atomic mass is 16.2. The van der Waals surface area contributed by atoms with Crippen molar-refractivity contribution >= 4 is 23.6 Å². The molecule has 0 aliphatic carbocycles. The molecule has 2 rings (SSSR count). The van der Waals surface area contributed by atoms with Crippen LogP contribution in [0.15, 0.2) is 11.6 Å². The van der Waals surface area contributed by atoms with Gasteiger partial charge >= 0.3 is 0 Å². The molecule has 4 N–H and O–H groups in total. The van der Waals surface area contributed by atoms with Crippen LogP contribution in [-0.2, 0) is 19.2 Å². The fraction of sp³-hybridized carbons (Fsp3) is 0.842. The molecule has 2 heterocycles. The van der Waals surface area contributed by atoms with Crippen molar-refractivity contribution in [3.05, 3.63) is 11.6 Å². The van der Waals surface area contributed by atoms with Gasteiger partial charge in [-0.3, -0.25) is 29.0 Å². The summed E-state index contributed by atoms with van der Waals surface area (Å²) in [6, 6.07) is 0. The minimum absolute atomic E-state index is 0.0749. The molecule has 8 nitrogen and oxygen atoms in total. The molecule has 2 aliphatic heterocycles. The minimum atomic E-state index is -0.447. The van der Waals surface area contributed by atoms with Crippen molar-refractivity contribution in [2.45, 2.75) is 167 Å². The van der Waals surface area contributed by atoms with Crippen LogP contribution in [0, 0.1) is 11.8 Å². The number of carbonyl (C=O) groups excluding carboxylic acids is 4. The predicted octanol–water partition coefficient (Wildman–Crippen LogP) is 7.57. The monoisotopic (exact) mass is 645 g/mol. The summed E-state index contributed by atoms with van der Waals surface area (Å²) in [4.78, 5) is 54.1. The molecule has 2 fully saturated rings. The average Bonchev–Trinajstić information content (AvgIpc) is 3.45. The van der Waals surface area contributed by atoms with Gasteiger partial charge in [-0.05, 0) is 52.1 Å². The van der Waals surface area contributed by atoms with Gasteiger partial charge in [-0.15, -0.1) is 0 Å². The van der Waals surface area contributed by atoms with Gasteiger partial charge in [0.05, 0.1) is 11.8 Å². The van der Waals surface area contributed by atoms with Crippen molar-refractivity contribution in [2.75, 3.05) is 26.2 Å². The van der Waals surface area contributed by atoms with Gasteiger partial charge in [-0.25, -0.2) is 0 Å². The van der Waals surface area contributed by atoms with Gasteiger partial charge < -0.3 is 11.5 Å². The maximum absolute atomic E-state index is 13.0. The van der Waals surface area contributed by atoms with Gasteiger partial charge in [0.15, 0.2) is 0 Å². The number of allylic oxidation sites excluding steroid dienone is 1. The molecule has 2 atom stereocenters. The Morgan fingerprint density at radius 1 is 0.543 bits per heavy atom. The minimum Gasteiger partial charge on any atom is -0.330 e. The van der Waals surface area contributed by atoms with E-state index in [2.05, 4.69) is 0 Å². The fourth-order valence-electron chi connectivity index (χ4n) is 7.03. The Labute approximate surface area is 280 Å². The molecule has 0 aromatic heterocycles. The second-order valence-corrected chi connectivity index (χ2v) is 14.1. The van der Waals surface area contributed by atoms with Crippen LogP contribution in [0.1, 0.15) is 167 Å². The van der Waals surface area contributed by atoms with Crippen LogP contribution in [-0.4, -0.2) is 59.6 Å². The normalized spacial score (nSPS) is 19.0. The quantitative estimate of drug-likeness (QED) is 0.0491. The van der Waals surface area contributed by atoms with E-state index in [9.17, 15) is 19.2 Å². The summed E-state index contributed by atoms with van der Waals surface area (Å²) in [6.45, 7) is 4.53. The molecule has 4 amide bonds.